The molecule has 1 aromatic rings. The fourth-order valence-corrected chi connectivity index (χ4v) is 3.35. The van der Waals surface area contributed by atoms with Gasteiger partial charge >= 0.3 is 5.97 Å². The number of carbonyl (C=O) groups excluding carboxylic acids is 1. The van der Waals surface area contributed by atoms with Crippen molar-refractivity contribution in [2.45, 2.75) is 64.1 Å². The zero-order valence-electron chi connectivity index (χ0n) is 12.5. The summed E-state index contributed by atoms with van der Waals surface area (Å²) in [7, 11) is 0. The minimum Gasteiger partial charge on any atom is -0.458 e. The van der Waals surface area contributed by atoms with Crippen molar-refractivity contribution >= 4 is 5.97 Å². The topological polar surface area (TPSA) is 61.6 Å². The maximum absolute atomic E-state index is 12.3. The molecule has 3 rings (SSSR count). The molecule has 116 valence electrons. The number of hydrogen-bond acceptors (Lipinski definition) is 5. The van der Waals surface area contributed by atoms with Crippen molar-refractivity contribution in [1.82, 2.24) is 4.98 Å². The molecule has 1 aliphatic heterocycles. The lowest BCUT2D eigenvalue weighted by molar-refractivity contribution is 0.0124. The fourth-order valence-electron chi connectivity index (χ4n) is 3.35. The van der Waals surface area contributed by atoms with E-state index in [9.17, 15) is 4.79 Å². The van der Waals surface area contributed by atoms with Gasteiger partial charge < -0.3 is 13.9 Å². The summed E-state index contributed by atoms with van der Waals surface area (Å²) in [6.45, 7) is 2.69. The standard InChI is InChI=1S/C16H23NO4/c1-11(12-6-3-2-4-7-12)21-16(18)14-15(20-10-17-14)13-8-5-9-19-13/h10-13H,2-9H2,1H3/t11-,13-/m0/s1. The Morgan fingerprint density at radius 3 is 2.81 bits per heavy atom. The first-order valence-electron chi connectivity index (χ1n) is 8.01. The first-order valence-corrected chi connectivity index (χ1v) is 8.01. The highest BCUT2D eigenvalue weighted by Gasteiger charge is 2.31. The highest BCUT2D eigenvalue weighted by molar-refractivity contribution is 5.88. The predicted octanol–water partition coefficient (Wildman–Crippen LogP) is 3.65. The Morgan fingerprint density at radius 1 is 1.29 bits per heavy atom. The zero-order chi connectivity index (χ0) is 14.7. The van der Waals surface area contributed by atoms with Gasteiger partial charge in [0.1, 0.15) is 12.2 Å². The van der Waals surface area contributed by atoms with E-state index in [1.807, 2.05) is 6.92 Å². The van der Waals surface area contributed by atoms with Crippen LogP contribution in [0, 0.1) is 5.92 Å². The van der Waals surface area contributed by atoms with Crippen LogP contribution < -0.4 is 0 Å². The summed E-state index contributed by atoms with van der Waals surface area (Å²) in [6, 6.07) is 0. The van der Waals surface area contributed by atoms with Crippen molar-refractivity contribution in [1.29, 1.82) is 0 Å². The maximum Gasteiger partial charge on any atom is 0.360 e. The van der Waals surface area contributed by atoms with Crippen molar-refractivity contribution in [3.8, 4) is 0 Å². The molecule has 0 spiro atoms. The van der Waals surface area contributed by atoms with Gasteiger partial charge in [0.15, 0.2) is 17.8 Å². The van der Waals surface area contributed by atoms with Crippen molar-refractivity contribution in [3.05, 3.63) is 17.8 Å². The number of nitrogens with zero attached hydrogens (tertiary/aromatic N) is 1. The van der Waals surface area contributed by atoms with E-state index in [1.54, 1.807) is 0 Å². The lowest BCUT2D eigenvalue weighted by Crippen LogP contribution is -2.26. The molecule has 5 heteroatoms. The highest BCUT2D eigenvalue weighted by Crippen LogP contribution is 2.32. The number of carbonyl (C=O) groups is 1. The minimum absolute atomic E-state index is 0.0631. The van der Waals surface area contributed by atoms with Crippen molar-refractivity contribution in [2.24, 2.45) is 5.92 Å². The van der Waals surface area contributed by atoms with Crippen LogP contribution in [0.25, 0.3) is 0 Å². The van der Waals surface area contributed by atoms with Gasteiger partial charge in [-0.05, 0) is 38.5 Å². The van der Waals surface area contributed by atoms with Gasteiger partial charge in [-0.1, -0.05) is 19.3 Å². The average Bonchev–Trinajstić information content (AvgIpc) is 3.18. The van der Waals surface area contributed by atoms with E-state index in [0.717, 1.165) is 25.7 Å². The molecule has 2 heterocycles. The lowest BCUT2D eigenvalue weighted by atomic mass is 9.86. The van der Waals surface area contributed by atoms with E-state index in [2.05, 4.69) is 4.98 Å². The van der Waals surface area contributed by atoms with Crippen LogP contribution in [0.5, 0.6) is 0 Å². The Balaban J connectivity index is 1.63. The lowest BCUT2D eigenvalue weighted by Gasteiger charge is -2.27. The van der Waals surface area contributed by atoms with E-state index in [4.69, 9.17) is 13.9 Å². The third-order valence-corrected chi connectivity index (χ3v) is 4.62. The Labute approximate surface area is 125 Å². The third-order valence-electron chi connectivity index (χ3n) is 4.62. The summed E-state index contributed by atoms with van der Waals surface area (Å²) in [5.74, 6) is 0.612. The molecule has 0 unspecified atom stereocenters. The Morgan fingerprint density at radius 2 is 2.10 bits per heavy atom. The predicted molar refractivity (Wildman–Crippen MR) is 75.9 cm³/mol. The van der Waals surface area contributed by atoms with Gasteiger partial charge in [-0.25, -0.2) is 9.78 Å². The van der Waals surface area contributed by atoms with Crippen LogP contribution in [-0.4, -0.2) is 23.7 Å². The third kappa shape index (κ3) is 3.28. The highest BCUT2D eigenvalue weighted by atomic mass is 16.5. The molecule has 1 aliphatic carbocycles. The van der Waals surface area contributed by atoms with Crippen LogP contribution in [-0.2, 0) is 9.47 Å². The summed E-state index contributed by atoms with van der Waals surface area (Å²) in [5.41, 5.74) is 0.282. The Hall–Kier alpha value is -1.36. The van der Waals surface area contributed by atoms with Crippen molar-refractivity contribution in [3.63, 3.8) is 0 Å². The molecule has 2 atom stereocenters. The monoisotopic (exact) mass is 293 g/mol. The van der Waals surface area contributed by atoms with Gasteiger partial charge in [0.05, 0.1) is 0 Å². The van der Waals surface area contributed by atoms with Crippen molar-refractivity contribution in [2.75, 3.05) is 6.61 Å². The normalized spacial score (nSPS) is 24.9. The molecule has 1 saturated heterocycles. The second-order valence-electron chi connectivity index (χ2n) is 6.08. The van der Waals surface area contributed by atoms with Crippen LogP contribution in [0.2, 0.25) is 0 Å². The molecule has 0 N–H and O–H groups in total. The molecule has 0 amide bonds. The summed E-state index contributed by atoms with van der Waals surface area (Å²) >= 11 is 0. The number of oxazole rings is 1. The van der Waals surface area contributed by atoms with Crippen LogP contribution in [0.4, 0.5) is 0 Å². The maximum atomic E-state index is 12.3. The van der Waals surface area contributed by atoms with Gasteiger partial charge in [-0.2, -0.15) is 0 Å². The van der Waals surface area contributed by atoms with Gasteiger partial charge in [0.2, 0.25) is 0 Å². The Kier molecular flexibility index (Phi) is 4.58. The van der Waals surface area contributed by atoms with E-state index in [-0.39, 0.29) is 23.9 Å². The number of ether oxygens (including phenoxy) is 2. The van der Waals surface area contributed by atoms with Crippen LogP contribution >= 0.6 is 0 Å². The summed E-state index contributed by atoms with van der Waals surface area (Å²) in [6.07, 6.45) is 8.99. The van der Waals surface area contributed by atoms with Gasteiger partial charge in [0, 0.05) is 6.61 Å². The number of hydrogen-bond donors (Lipinski definition) is 0. The van der Waals surface area contributed by atoms with E-state index >= 15 is 0 Å². The molecule has 2 fully saturated rings. The second kappa shape index (κ2) is 6.60. The quantitative estimate of drug-likeness (QED) is 0.793. The molecular formula is C16H23NO4. The average molecular weight is 293 g/mol. The molecule has 21 heavy (non-hydrogen) atoms. The SMILES string of the molecule is C[C@H](OC(=O)c1ncoc1[C@@H]1CCCO1)C1CCCCC1. The van der Waals surface area contributed by atoms with Crippen LogP contribution in [0.1, 0.15) is 74.2 Å². The van der Waals surface area contributed by atoms with Gasteiger partial charge in [-0.15, -0.1) is 0 Å². The molecule has 0 radical (unpaired) electrons. The first kappa shape index (κ1) is 14.6. The molecule has 0 aromatic carbocycles. The van der Waals surface area contributed by atoms with E-state index in [0.29, 0.717) is 18.3 Å². The minimum atomic E-state index is -0.382. The number of esters is 1. The second-order valence-corrected chi connectivity index (χ2v) is 6.08. The largest absolute Gasteiger partial charge is 0.458 e. The van der Waals surface area contributed by atoms with Crippen LogP contribution in [0.15, 0.2) is 10.8 Å². The van der Waals surface area contributed by atoms with Crippen LogP contribution in [0.3, 0.4) is 0 Å². The zero-order valence-corrected chi connectivity index (χ0v) is 12.5. The summed E-state index contributed by atoms with van der Waals surface area (Å²) in [5, 5.41) is 0. The molecule has 5 nitrogen and oxygen atoms in total. The van der Waals surface area contributed by atoms with Gasteiger partial charge in [0.25, 0.3) is 0 Å². The number of aromatic nitrogens is 1. The molecule has 2 aliphatic rings. The van der Waals surface area contributed by atoms with E-state index in [1.165, 1.54) is 25.7 Å². The summed E-state index contributed by atoms with van der Waals surface area (Å²) < 4.78 is 16.5. The van der Waals surface area contributed by atoms with Gasteiger partial charge in [-0.3, -0.25) is 0 Å². The Bertz CT molecular complexity index is 472. The molecule has 0 bridgehead atoms. The molecular weight excluding hydrogens is 270 g/mol. The summed E-state index contributed by atoms with van der Waals surface area (Å²) in [4.78, 5) is 16.4. The molecule has 1 aromatic heterocycles. The first-order chi connectivity index (χ1) is 10.3. The van der Waals surface area contributed by atoms with Crippen molar-refractivity contribution < 1.29 is 18.7 Å². The van der Waals surface area contributed by atoms with E-state index < -0.39 is 0 Å². The molecule has 1 saturated carbocycles. The smallest absolute Gasteiger partial charge is 0.360 e. The number of rotatable bonds is 4. The fraction of sp³-hybridized carbons (Fsp3) is 0.750.